The highest BCUT2D eigenvalue weighted by Gasteiger charge is 2.35. The molecular formula is C20H14ClFN4O2. The van der Waals surface area contributed by atoms with Crippen molar-refractivity contribution in [2.75, 3.05) is 5.32 Å². The number of benzene rings is 2. The summed E-state index contributed by atoms with van der Waals surface area (Å²) < 4.78 is 21.8. The maximum atomic E-state index is 14.5. The molecule has 2 aromatic carbocycles. The third kappa shape index (κ3) is 2.58. The van der Waals surface area contributed by atoms with Crippen molar-refractivity contribution in [2.45, 2.75) is 19.3 Å². The van der Waals surface area contributed by atoms with Gasteiger partial charge >= 0.3 is 6.01 Å². The molecule has 140 valence electrons. The zero-order chi connectivity index (χ0) is 19.4. The van der Waals surface area contributed by atoms with E-state index in [0.717, 1.165) is 5.56 Å². The number of oxazole rings is 1. The van der Waals surface area contributed by atoms with E-state index in [1.165, 1.54) is 16.8 Å². The highest BCUT2D eigenvalue weighted by molar-refractivity contribution is 6.30. The Kier molecular flexibility index (Phi) is 3.73. The van der Waals surface area contributed by atoms with Crippen molar-refractivity contribution >= 4 is 34.4 Å². The molecule has 1 amide bonds. The van der Waals surface area contributed by atoms with Gasteiger partial charge in [0.05, 0.1) is 5.69 Å². The Balaban J connectivity index is 1.70. The Morgan fingerprint density at radius 3 is 2.93 bits per heavy atom. The molecule has 8 heteroatoms. The highest BCUT2D eigenvalue weighted by Crippen LogP contribution is 2.41. The number of carbonyl (C=O) groups excluding carboxylic acids is 1. The van der Waals surface area contributed by atoms with Crippen LogP contribution in [0.15, 0.2) is 46.9 Å². The van der Waals surface area contributed by atoms with Crippen LogP contribution in [-0.2, 0) is 4.79 Å². The van der Waals surface area contributed by atoms with Gasteiger partial charge in [-0.1, -0.05) is 23.7 Å². The number of nitrogens with zero attached hydrogens (tertiary/aromatic N) is 3. The fraction of sp³-hybridized carbons (Fsp3) is 0.150. The first-order valence-electron chi connectivity index (χ1n) is 8.71. The molecule has 3 heterocycles. The second-order valence-electron chi connectivity index (χ2n) is 6.69. The van der Waals surface area contributed by atoms with E-state index >= 15 is 0 Å². The molecule has 1 atom stereocenters. The van der Waals surface area contributed by atoms with E-state index in [1.54, 1.807) is 12.1 Å². The van der Waals surface area contributed by atoms with Gasteiger partial charge in [0, 0.05) is 22.9 Å². The third-order valence-corrected chi connectivity index (χ3v) is 5.13. The summed E-state index contributed by atoms with van der Waals surface area (Å²) in [5, 5.41) is 7.75. The molecule has 1 aliphatic heterocycles. The van der Waals surface area contributed by atoms with Gasteiger partial charge < -0.3 is 9.73 Å². The SMILES string of the molecule is Cc1nn(-c2nc3ccccc3o2)c2c1[C@H](c1cc(Cl)ccc1F)CC(=O)N2. The molecule has 1 N–H and O–H groups in total. The lowest BCUT2D eigenvalue weighted by molar-refractivity contribution is -0.116. The van der Waals surface area contributed by atoms with Crippen molar-refractivity contribution < 1.29 is 13.6 Å². The molecule has 0 saturated carbocycles. The van der Waals surface area contributed by atoms with Crippen LogP contribution in [0, 0.1) is 12.7 Å². The molecule has 6 nitrogen and oxygen atoms in total. The van der Waals surface area contributed by atoms with Gasteiger partial charge in [-0.3, -0.25) is 4.79 Å². The van der Waals surface area contributed by atoms with Crippen molar-refractivity contribution in [3.63, 3.8) is 0 Å². The number of amides is 1. The second kappa shape index (κ2) is 6.17. The van der Waals surface area contributed by atoms with Gasteiger partial charge in [-0.2, -0.15) is 14.8 Å². The standard InChI is InChI=1S/C20H14ClFN4O2/c1-10-18-13(12-8-11(21)6-7-14(12)22)9-17(27)24-19(18)26(25-10)20-23-15-4-2-3-5-16(15)28-20/h2-8,13H,9H2,1H3,(H,24,27)/t13-/m0/s1. The number of aryl methyl sites for hydroxylation is 1. The highest BCUT2D eigenvalue weighted by atomic mass is 35.5. The predicted octanol–water partition coefficient (Wildman–Crippen LogP) is 4.59. The van der Waals surface area contributed by atoms with Crippen molar-refractivity contribution in [2.24, 2.45) is 0 Å². The lowest BCUT2D eigenvalue weighted by Crippen LogP contribution is -2.25. The largest absolute Gasteiger partial charge is 0.422 e. The van der Waals surface area contributed by atoms with E-state index in [4.69, 9.17) is 16.0 Å². The van der Waals surface area contributed by atoms with Gasteiger partial charge in [-0.05, 0) is 42.8 Å². The Hall–Kier alpha value is -3.19. The van der Waals surface area contributed by atoms with E-state index in [1.807, 2.05) is 25.1 Å². The monoisotopic (exact) mass is 396 g/mol. The van der Waals surface area contributed by atoms with Crippen molar-refractivity contribution in [1.29, 1.82) is 0 Å². The molecule has 0 saturated heterocycles. The van der Waals surface area contributed by atoms with Gasteiger partial charge in [-0.15, -0.1) is 0 Å². The normalized spacial score (nSPS) is 16.2. The quantitative estimate of drug-likeness (QED) is 0.538. The van der Waals surface area contributed by atoms with Gasteiger partial charge in [0.1, 0.15) is 17.2 Å². The summed E-state index contributed by atoms with van der Waals surface area (Å²) >= 11 is 6.07. The number of anilines is 1. The van der Waals surface area contributed by atoms with E-state index in [9.17, 15) is 9.18 Å². The first-order valence-corrected chi connectivity index (χ1v) is 9.09. The Bertz CT molecular complexity index is 1210. The molecule has 2 aromatic heterocycles. The van der Waals surface area contributed by atoms with Crippen LogP contribution in [0.5, 0.6) is 0 Å². The van der Waals surface area contributed by atoms with Crippen molar-refractivity contribution in [3.05, 3.63) is 70.1 Å². The number of hydrogen-bond donors (Lipinski definition) is 1. The molecule has 5 rings (SSSR count). The third-order valence-electron chi connectivity index (χ3n) is 4.90. The maximum absolute atomic E-state index is 14.5. The van der Waals surface area contributed by atoms with Crippen LogP contribution in [0.4, 0.5) is 10.2 Å². The molecule has 0 unspecified atom stereocenters. The second-order valence-corrected chi connectivity index (χ2v) is 7.13. The minimum Gasteiger partial charge on any atom is -0.422 e. The Morgan fingerprint density at radius 2 is 2.11 bits per heavy atom. The molecule has 0 radical (unpaired) electrons. The molecular weight excluding hydrogens is 383 g/mol. The van der Waals surface area contributed by atoms with Crippen LogP contribution in [0.25, 0.3) is 17.1 Å². The lowest BCUT2D eigenvalue weighted by atomic mass is 9.85. The van der Waals surface area contributed by atoms with E-state index < -0.39 is 11.7 Å². The smallest absolute Gasteiger partial charge is 0.325 e. The first kappa shape index (κ1) is 16.9. The summed E-state index contributed by atoms with van der Waals surface area (Å²) in [6, 6.07) is 11.9. The van der Waals surface area contributed by atoms with Crippen LogP contribution in [-0.4, -0.2) is 20.7 Å². The number of hydrogen-bond acceptors (Lipinski definition) is 4. The van der Waals surface area contributed by atoms with Gasteiger partial charge in [-0.25, -0.2) is 4.39 Å². The number of aromatic nitrogens is 3. The summed E-state index contributed by atoms with van der Waals surface area (Å²) in [5.41, 5.74) is 3.03. The Labute approximate surface area is 163 Å². The van der Waals surface area contributed by atoms with E-state index in [-0.39, 0.29) is 18.3 Å². The first-order chi connectivity index (χ1) is 13.5. The fourth-order valence-electron chi connectivity index (χ4n) is 3.68. The number of para-hydroxylation sites is 2. The van der Waals surface area contributed by atoms with Crippen LogP contribution in [0.3, 0.4) is 0 Å². The summed E-state index contributed by atoms with van der Waals surface area (Å²) in [7, 11) is 0. The number of nitrogens with one attached hydrogen (secondary N) is 1. The van der Waals surface area contributed by atoms with E-state index in [2.05, 4.69) is 15.4 Å². The van der Waals surface area contributed by atoms with Crippen LogP contribution >= 0.6 is 11.6 Å². The minimum absolute atomic E-state index is 0.102. The number of carbonyl (C=O) groups is 1. The molecule has 0 aliphatic carbocycles. The molecule has 4 aromatic rings. The molecule has 0 spiro atoms. The lowest BCUT2D eigenvalue weighted by Gasteiger charge is -2.24. The fourth-order valence-corrected chi connectivity index (χ4v) is 3.86. The van der Waals surface area contributed by atoms with Crippen LogP contribution in [0.1, 0.15) is 29.2 Å². The molecule has 0 fully saturated rings. The number of halogens is 2. The zero-order valence-electron chi connectivity index (χ0n) is 14.7. The summed E-state index contributed by atoms with van der Waals surface area (Å²) in [6.45, 7) is 1.81. The minimum atomic E-state index is -0.499. The number of rotatable bonds is 2. The molecule has 0 bridgehead atoms. The van der Waals surface area contributed by atoms with Crippen LogP contribution < -0.4 is 5.32 Å². The van der Waals surface area contributed by atoms with Crippen molar-refractivity contribution in [3.8, 4) is 6.01 Å². The average Bonchev–Trinajstić information content (AvgIpc) is 3.24. The van der Waals surface area contributed by atoms with Gasteiger partial charge in [0.15, 0.2) is 5.58 Å². The van der Waals surface area contributed by atoms with Crippen molar-refractivity contribution in [1.82, 2.24) is 14.8 Å². The molecule has 28 heavy (non-hydrogen) atoms. The topological polar surface area (TPSA) is 73.0 Å². The zero-order valence-corrected chi connectivity index (χ0v) is 15.5. The van der Waals surface area contributed by atoms with Crippen LogP contribution in [0.2, 0.25) is 5.02 Å². The Morgan fingerprint density at radius 1 is 1.29 bits per heavy atom. The number of fused-ring (bicyclic) bond motifs is 2. The van der Waals surface area contributed by atoms with E-state index in [0.29, 0.717) is 33.2 Å². The average molecular weight is 397 g/mol. The summed E-state index contributed by atoms with van der Waals surface area (Å²) in [4.78, 5) is 16.9. The van der Waals surface area contributed by atoms with Gasteiger partial charge in [0.2, 0.25) is 5.91 Å². The predicted molar refractivity (Wildman–Crippen MR) is 102 cm³/mol. The molecule has 1 aliphatic rings. The summed E-state index contributed by atoms with van der Waals surface area (Å²) in [5.74, 6) is -0.719. The van der Waals surface area contributed by atoms with Gasteiger partial charge in [0.25, 0.3) is 0 Å². The summed E-state index contributed by atoms with van der Waals surface area (Å²) in [6.07, 6.45) is 0.102. The maximum Gasteiger partial charge on any atom is 0.325 e.